The highest BCUT2D eigenvalue weighted by Gasteiger charge is 2.08. The zero-order valence-corrected chi connectivity index (χ0v) is 13.8. The van der Waals surface area contributed by atoms with Crippen LogP contribution >= 0.6 is 15.9 Å². The maximum atomic E-state index is 11.8. The first-order chi connectivity index (χ1) is 9.60. The summed E-state index contributed by atoms with van der Waals surface area (Å²) in [6.45, 7) is 2.81. The van der Waals surface area contributed by atoms with Gasteiger partial charge in [0.15, 0.2) is 11.5 Å². The third-order valence-corrected chi connectivity index (χ3v) is 4.14. The number of methoxy groups -OCH3 is 2. The van der Waals surface area contributed by atoms with Gasteiger partial charge in [0.1, 0.15) is 0 Å². The number of amides is 1. The number of carbonyl (C=O) groups excluding carboxylic acids is 1. The van der Waals surface area contributed by atoms with Gasteiger partial charge in [-0.1, -0.05) is 28.9 Å². The van der Waals surface area contributed by atoms with Gasteiger partial charge in [-0.3, -0.25) is 4.79 Å². The molecule has 1 aromatic carbocycles. The molecule has 20 heavy (non-hydrogen) atoms. The van der Waals surface area contributed by atoms with Crippen LogP contribution in [0.1, 0.15) is 25.3 Å². The van der Waals surface area contributed by atoms with E-state index in [0.717, 1.165) is 18.4 Å². The summed E-state index contributed by atoms with van der Waals surface area (Å²) in [6.07, 6.45) is 2.35. The minimum absolute atomic E-state index is 0.0213. The van der Waals surface area contributed by atoms with E-state index in [1.165, 1.54) is 0 Å². The summed E-state index contributed by atoms with van der Waals surface area (Å²) in [5.41, 5.74) is 0.908. The van der Waals surface area contributed by atoms with Gasteiger partial charge < -0.3 is 14.8 Å². The van der Waals surface area contributed by atoms with Crippen molar-refractivity contribution in [2.75, 3.05) is 20.8 Å². The minimum atomic E-state index is 0.0213. The lowest BCUT2D eigenvalue weighted by molar-refractivity contribution is -0.120. The molecular weight excluding hydrogens is 322 g/mol. The molecule has 0 saturated carbocycles. The Kier molecular flexibility index (Phi) is 7.44. The van der Waals surface area contributed by atoms with E-state index in [2.05, 4.69) is 28.2 Å². The van der Waals surface area contributed by atoms with Crippen molar-refractivity contribution in [3.8, 4) is 11.5 Å². The van der Waals surface area contributed by atoms with Crippen LogP contribution in [-0.2, 0) is 11.2 Å². The first kappa shape index (κ1) is 16.8. The molecule has 112 valence electrons. The molecule has 0 bridgehead atoms. The van der Waals surface area contributed by atoms with Crippen LogP contribution in [0, 0.1) is 0 Å². The normalized spacial score (nSPS) is 11.8. The summed E-state index contributed by atoms with van der Waals surface area (Å²) < 4.78 is 10.4. The van der Waals surface area contributed by atoms with Crippen LogP contribution in [0.25, 0.3) is 0 Å². The average molecular weight is 344 g/mol. The van der Waals surface area contributed by atoms with Crippen molar-refractivity contribution in [2.45, 2.75) is 31.0 Å². The first-order valence-electron chi connectivity index (χ1n) is 6.72. The lowest BCUT2D eigenvalue weighted by Crippen LogP contribution is -2.27. The van der Waals surface area contributed by atoms with Crippen molar-refractivity contribution >= 4 is 21.8 Å². The standard InChI is InChI=1S/C15H22BrNO3/c1-4-12(16)7-8-17-15(18)10-11-5-6-13(19-2)14(9-11)20-3/h5-6,9,12H,4,7-8,10H2,1-3H3,(H,17,18). The van der Waals surface area contributed by atoms with Crippen LogP contribution in [0.5, 0.6) is 11.5 Å². The van der Waals surface area contributed by atoms with Crippen molar-refractivity contribution < 1.29 is 14.3 Å². The number of hydrogen-bond acceptors (Lipinski definition) is 3. The topological polar surface area (TPSA) is 47.6 Å². The largest absolute Gasteiger partial charge is 0.493 e. The van der Waals surface area contributed by atoms with E-state index in [4.69, 9.17) is 9.47 Å². The van der Waals surface area contributed by atoms with E-state index in [9.17, 15) is 4.79 Å². The molecule has 1 rings (SSSR count). The lowest BCUT2D eigenvalue weighted by atomic mass is 10.1. The Bertz CT molecular complexity index is 437. The molecule has 1 N–H and O–H groups in total. The van der Waals surface area contributed by atoms with Crippen LogP contribution in [0.15, 0.2) is 18.2 Å². The SMILES string of the molecule is CCC(Br)CCNC(=O)Cc1ccc(OC)c(OC)c1. The Hall–Kier alpha value is -1.23. The molecular formula is C15H22BrNO3. The zero-order chi connectivity index (χ0) is 15.0. The van der Waals surface area contributed by atoms with E-state index in [1.54, 1.807) is 14.2 Å². The molecule has 1 aromatic rings. The number of rotatable bonds is 8. The number of nitrogens with one attached hydrogen (secondary N) is 1. The molecule has 0 radical (unpaired) electrons. The Morgan fingerprint density at radius 1 is 1.30 bits per heavy atom. The second kappa shape index (κ2) is 8.84. The van der Waals surface area contributed by atoms with Crippen molar-refractivity contribution in [3.63, 3.8) is 0 Å². The van der Waals surface area contributed by atoms with Crippen molar-refractivity contribution in [2.24, 2.45) is 0 Å². The monoisotopic (exact) mass is 343 g/mol. The second-order valence-electron chi connectivity index (χ2n) is 4.51. The molecule has 0 aromatic heterocycles. The maximum Gasteiger partial charge on any atom is 0.224 e. The second-order valence-corrected chi connectivity index (χ2v) is 5.81. The fraction of sp³-hybridized carbons (Fsp3) is 0.533. The lowest BCUT2D eigenvalue weighted by Gasteiger charge is -2.10. The number of ether oxygens (including phenoxy) is 2. The molecule has 4 nitrogen and oxygen atoms in total. The molecule has 0 aliphatic heterocycles. The van der Waals surface area contributed by atoms with Crippen LogP contribution < -0.4 is 14.8 Å². The highest BCUT2D eigenvalue weighted by Crippen LogP contribution is 2.27. The summed E-state index contributed by atoms with van der Waals surface area (Å²) in [5.74, 6) is 1.33. The fourth-order valence-corrected chi connectivity index (χ4v) is 2.04. The molecule has 1 unspecified atom stereocenters. The quantitative estimate of drug-likeness (QED) is 0.738. The van der Waals surface area contributed by atoms with Gasteiger partial charge in [-0.05, 0) is 30.5 Å². The molecule has 0 aliphatic carbocycles. The third kappa shape index (κ3) is 5.41. The molecule has 0 heterocycles. The summed E-state index contributed by atoms with van der Waals surface area (Å²) in [4.78, 5) is 12.3. The van der Waals surface area contributed by atoms with Gasteiger partial charge in [0.25, 0.3) is 0 Å². The van der Waals surface area contributed by atoms with E-state index in [0.29, 0.717) is 29.3 Å². The Labute approximate surface area is 129 Å². The number of carbonyl (C=O) groups is 1. The summed E-state index contributed by atoms with van der Waals surface area (Å²) in [6, 6.07) is 5.52. The van der Waals surface area contributed by atoms with Gasteiger partial charge in [-0.25, -0.2) is 0 Å². The van der Waals surface area contributed by atoms with E-state index < -0.39 is 0 Å². The number of benzene rings is 1. The molecule has 0 spiro atoms. The van der Waals surface area contributed by atoms with E-state index in [1.807, 2.05) is 18.2 Å². The Morgan fingerprint density at radius 3 is 2.60 bits per heavy atom. The average Bonchev–Trinajstić information content (AvgIpc) is 2.46. The molecule has 1 atom stereocenters. The Morgan fingerprint density at radius 2 is 2.00 bits per heavy atom. The number of hydrogen-bond donors (Lipinski definition) is 1. The molecule has 5 heteroatoms. The van der Waals surface area contributed by atoms with Gasteiger partial charge in [0, 0.05) is 11.4 Å². The smallest absolute Gasteiger partial charge is 0.224 e. The summed E-state index contributed by atoms with van der Waals surface area (Å²) in [7, 11) is 3.18. The van der Waals surface area contributed by atoms with Crippen LogP contribution in [-0.4, -0.2) is 31.5 Å². The number of alkyl halides is 1. The molecule has 0 saturated heterocycles. The van der Waals surface area contributed by atoms with E-state index >= 15 is 0 Å². The van der Waals surface area contributed by atoms with Gasteiger partial charge >= 0.3 is 0 Å². The third-order valence-electron chi connectivity index (χ3n) is 3.04. The van der Waals surface area contributed by atoms with Crippen LogP contribution in [0.3, 0.4) is 0 Å². The first-order valence-corrected chi connectivity index (χ1v) is 7.64. The van der Waals surface area contributed by atoms with Gasteiger partial charge in [0.05, 0.1) is 20.6 Å². The van der Waals surface area contributed by atoms with Crippen LogP contribution in [0.4, 0.5) is 0 Å². The predicted octanol–water partition coefficient (Wildman–Crippen LogP) is 2.93. The van der Waals surface area contributed by atoms with Gasteiger partial charge in [0.2, 0.25) is 5.91 Å². The highest BCUT2D eigenvalue weighted by atomic mass is 79.9. The number of halogens is 1. The molecule has 0 aliphatic rings. The van der Waals surface area contributed by atoms with Crippen molar-refractivity contribution in [1.82, 2.24) is 5.32 Å². The van der Waals surface area contributed by atoms with Crippen molar-refractivity contribution in [1.29, 1.82) is 0 Å². The predicted molar refractivity (Wildman–Crippen MR) is 83.9 cm³/mol. The summed E-state index contributed by atoms with van der Waals surface area (Å²) in [5, 5.41) is 2.92. The van der Waals surface area contributed by atoms with Gasteiger partial charge in [-0.15, -0.1) is 0 Å². The van der Waals surface area contributed by atoms with Crippen LogP contribution in [0.2, 0.25) is 0 Å². The highest BCUT2D eigenvalue weighted by molar-refractivity contribution is 9.09. The Balaban J connectivity index is 2.49. The minimum Gasteiger partial charge on any atom is -0.493 e. The molecule has 1 amide bonds. The van der Waals surface area contributed by atoms with Crippen molar-refractivity contribution in [3.05, 3.63) is 23.8 Å². The van der Waals surface area contributed by atoms with E-state index in [-0.39, 0.29) is 5.91 Å². The maximum absolute atomic E-state index is 11.8. The molecule has 0 fully saturated rings. The fourth-order valence-electron chi connectivity index (χ4n) is 1.81. The summed E-state index contributed by atoms with van der Waals surface area (Å²) >= 11 is 3.55. The zero-order valence-electron chi connectivity index (χ0n) is 12.2. The van der Waals surface area contributed by atoms with Gasteiger partial charge in [-0.2, -0.15) is 0 Å².